The highest BCUT2D eigenvalue weighted by Crippen LogP contribution is 2.50. The Bertz CT molecular complexity index is 429. The zero-order valence-corrected chi connectivity index (χ0v) is 8.81. The number of epoxide rings is 1. The van der Waals surface area contributed by atoms with Crippen molar-refractivity contribution in [3.8, 4) is 0 Å². The van der Waals surface area contributed by atoms with Gasteiger partial charge in [0, 0.05) is 18.2 Å². The van der Waals surface area contributed by atoms with Crippen molar-refractivity contribution in [3.63, 3.8) is 0 Å². The van der Waals surface area contributed by atoms with Crippen molar-refractivity contribution in [2.24, 2.45) is 0 Å². The minimum atomic E-state index is 0.0869. The third-order valence-electron chi connectivity index (χ3n) is 3.25. The molecule has 2 heterocycles. The Labute approximate surface area is 88.6 Å². The van der Waals surface area contributed by atoms with Crippen molar-refractivity contribution in [1.82, 2.24) is 0 Å². The van der Waals surface area contributed by atoms with Gasteiger partial charge in [0.15, 0.2) is 0 Å². The molecule has 3 heteroatoms. The summed E-state index contributed by atoms with van der Waals surface area (Å²) in [5, 5.41) is 0. The molecule has 3 rings (SSSR count). The number of amides is 1. The molecule has 0 aromatic heterocycles. The summed E-state index contributed by atoms with van der Waals surface area (Å²) < 4.78 is 5.60. The fourth-order valence-electron chi connectivity index (χ4n) is 2.51. The van der Waals surface area contributed by atoms with Gasteiger partial charge in [-0.3, -0.25) is 4.79 Å². The van der Waals surface area contributed by atoms with Crippen molar-refractivity contribution in [1.29, 1.82) is 0 Å². The fraction of sp³-hybridized carbons (Fsp3) is 0.417. The molecule has 0 spiro atoms. The maximum Gasteiger partial charge on any atom is 0.224 e. The van der Waals surface area contributed by atoms with Crippen LogP contribution in [-0.2, 0) is 9.53 Å². The number of anilines is 1. The van der Waals surface area contributed by atoms with Crippen LogP contribution < -0.4 is 4.90 Å². The summed E-state index contributed by atoms with van der Waals surface area (Å²) in [6.45, 7) is 3.65. The van der Waals surface area contributed by atoms with E-state index in [0.29, 0.717) is 0 Å². The maximum absolute atomic E-state index is 11.6. The third-order valence-corrected chi connectivity index (χ3v) is 3.25. The van der Waals surface area contributed by atoms with E-state index >= 15 is 0 Å². The summed E-state index contributed by atoms with van der Waals surface area (Å²) >= 11 is 0. The lowest BCUT2D eigenvalue weighted by Gasteiger charge is -2.31. The van der Waals surface area contributed by atoms with Gasteiger partial charge in [-0.15, -0.1) is 0 Å². The summed E-state index contributed by atoms with van der Waals surface area (Å²) in [5.74, 6) is 0.0869. The van der Waals surface area contributed by atoms with Gasteiger partial charge in [-0.05, 0) is 13.0 Å². The highest BCUT2D eigenvalue weighted by molar-refractivity contribution is 5.94. The van der Waals surface area contributed by atoms with Crippen LogP contribution in [0.1, 0.15) is 25.5 Å². The Morgan fingerprint density at radius 1 is 1.40 bits per heavy atom. The van der Waals surface area contributed by atoms with E-state index in [9.17, 15) is 4.79 Å². The van der Waals surface area contributed by atoms with Gasteiger partial charge in [-0.25, -0.2) is 0 Å². The molecule has 15 heavy (non-hydrogen) atoms. The number of ether oxygens (including phenoxy) is 1. The topological polar surface area (TPSA) is 32.8 Å². The molecular weight excluding hydrogens is 190 g/mol. The highest BCUT2D eigenvalue weighted by atomic mass is 16.6. The molecule has 1 amide bonds. The smallest absolute Gasteiger partial charge is 0.224 e. The second-order valence-corrected chi connectivity index (χ2v) is 4.21. The van der Waals surface area contributed by atoms with Crippen molar-refractivity contribution in [2.45, 2.75) is 32.1 Å². The van der Waals surface area contributed by atoms with E-state index in [1.807, 2.05) is 36.1 Å². The molecule has 0 N–H and O–H groups in total. The van der Waals surface area contributed by atoms with Crippen molar-refractivity contribution in [2.75, 3.05) is 4.90 Å². The zero-order valence-electron chi connectivity index (χ0n) is 8.81. The average Bonchev–Trinajstić information content (AvgIpc) is 2.97. The van der Waals surface area contributed by atoms with E-state index in [2.05, 4.69) is 0 Å². The molecule has 1 fully saturated rings. The number of carbonyl (C=O) groups excluding carboxylic acids is 1. The normalized spacial score (nSPS) is 31.9. The van der Waals surface area contributed by atoms with Gasteiger partial charge in [-0.2, -0.15) is 0 Å². The van der Waals surface area contributed by atoms with Crippen molar-refractivity contribution < 1.29 is 9.53 Å². The maximum atomic E-state index is 11.6. The van der Waals surface area contributed by atoms with Gasteiger partial charge in [0.2, 0.25) is 5.91 Å². The molecule has 0 saturated carbocycles. The average molecular weight is 203 g/mol. The van der Waals surface area contributed by atoms with Gasteiger partial charge in [0.1, 0.15) is 12.2 Å². The molecule has 0 bridgehead atoms. The van der Waals surface area contributed by atoms with Crippen LogP contribution in [0.3, 0.4) is 0 Å². The minimum absolute atomic E-state index is 0.0869. The van der Waals surface area contributed by atoms with Gasteiger partial charge in [-0.1, -0.05) is 18.2 Å². The number of hydrogen-bond donors (Lipinski definition) is 0. The first-order valence-corrected chi connectivity index (χ1v) is 5.24. The van der Waals surface area contributed by atoms with E-state index < -0.39 is 0 Å². The number of rotatable bonds is 0. The third kappa shape index (κ3) is 1.13. The quantitative estimate of drug-likeness (QED) is 0.603. The van der Waals surface area contributed by atoms with Crippen LogP contribution in [0.2, 0.25) is 0 Å². The second-order valence-electron chi connectivity index (χ2n) is 4.21. The predicted octanol–water partition coefficient (Wildman–Crippen LogP) is 1.88. The largest absolute Gasteiger partial charge is 0.362 e. The minimum Gasteiger partial charge on any atom is -0.362 e. The lowest BCUT2D eigenvalue weighted by Crippen LogP contribution is -2.43. The second kappa shape index (κ2) is 2.83. The Morgan fingerprint density at radius 2 is 2.13 bits per heavy atom. The molecule has 3 atom stereocenters. The van der Waals surface area contributed by atoms with E-state index in [-0.39, 0.29) is 24.2 Å². The number of carbonyl (C=O) groups is 1. The summed E-state index contributed by atoms with van der Waals surface area (Å²) in [6, 6.07) is 8.14. The Hall–Kier alpha value is -1.35. The molecule has 1 aromatic carbocycles. The molecule has 78 valence electrons. The molecular formula is C12H13NO2. The highest BCUT2D eigenvalue weighted by Gasteiger charge is 2.52. The Kier molecular flexibility index (Phi) is 1.68. The first kappa shape index (κ1) is 8.92. The first-order chi connectivity index (χ1) is 7.20. The number of nitrogens with zero attached hydrogens (tertiary/aromatic N) is 1. The SMILES string of the molecule is CC(=O)N1c2ccccc2[C@H]2O[C@H]2[C@@H]1C. The Morgan fingerprint density at radius 3 is 2.87 bits per heavy atom. The van der Waals surface area contributed by atoms with Crippen LogP contribution in [0.4, 0.5) is 5.69 Å². The molecule has 3 nitrogen and oxygen atoms in total. The fourth-order valence-corrected chi connectivity index (χ4v) is 2.51. The molecule has 1 saturated heterocycles. The summed E-state index contributed by atoms with van der Waals surface area (Å²) in [4.78, 5) is 13.4. The molecule has 2 aliphatic heterocycles. The van der Waals surface area contributed by atoms with Gasteiger partial charge < -0.3 is 9.64 Å². The number of benzene rings is 1. The van der Waals surface area contributed by atoms with E-state index in [4.69, 9.17) is 4.74 Å². The zero-order chi connectivity index (χ0) is 10.6. The summed E-state index contributed by atoms with van der Waals surface area (Å²) in [6.07, 6.45) is 0.413. The Balaban J connectivity index is 2.14. The van der Waals surface area contributed by atoms with E-state index in [1.54, 1.807) is 6.92 Å². The summed E-state index contributed by atoms with van der Waals surface area (Å²) in [7, 11) is 0. The van der Waals surface area contributed by atoms with Crippen LogP contribution in [0.25, 0.3) is 0 Å². The van der Waals surface area contributed by atoms with Gasteiger partial charge >= 0.3 is 0 Å². The first-order valence-electron chi connectivity index (χ1n) is 5.24. The van der Waals surface area contributed by atoms with E-state index in [0.717, 1.165) is 11.3 Å². The lowest BCUT2D eigenvalue weighted by atomic mass is 9.97. The molecule has 1 aromatic rings. The van der Waals surface area contributed by atoms with Crippen molar-refractivity contribution >= 4 is 11.6 Å². The van der Waals surface area contributed by atoms with Crippen LogP contribution in [0.15, 0.2) is 24.3 Å². The van der Waals surface area contributed by atoms with Crippen LogP contribution >= 0.6 is 0 Å². The summed E-state index contributed by atoms with van der Waals surface area (Å²) in [5.41, 5.74) is 2.16. The van der Waals surface area contributed by atoms with Crippen LogP contribution in [0, 0.1) is 0 Å². The number of fused-ring (bicyclic) bond motifs is 3. The lowest BCUT2D eigenvalue weighted by molar-refractivity contribution is -0.117. The predicted molar refractivity (Wildman–Crippen MR) is 56.7 cm³/mol. The molecule has 2 aliphatic rings. The molecule has 0 unspecified atom stereocenters. The monoisotopic (exact) mass is 203 g/mol. The van der Waals surface area contributed by atoms with Crippen LogP contribution in [-0.4, -0.2) is 18.1 Å². The van der Waals surface area contributed by atoms with E-state index in [1.165, 1.54) is 0 Å². The van der Waals surface area contributed by atoms with Gasteiger partial charge in [0.25, 0.3) is 0 Å². The van der Waals surface area contributed by atoms with Gasteiger partial charge in [0.05, 0.1) is 6.04 Å². The number of hydrogen-bond acceptors (Lipinski definition) is 2. The molecule has 0 radical (unpaired) electrons. The standard InChI is InChI=1S/C12H13NO2/c1-7-11-12(15-11)9-5-3-4-6-10(9)13(7)8(2)14/h3-7,11-12H,1-2H3/t7-,11-,12+/m0/s1. The number of para-hydroxylation sites is 1. The van der Waals surface area contributed by atoms with Crippen molar-refractivity contribution in [3.05, 3.63) is 29.8 Å². The molecule has 0 aliphatic carbocycles. The van der Waals surface area contributed by atoms with Crippen LogP contribution in [0.5, 0.6) is 0 Å².